The van der Waals surface area contributed by atoms with Crippen LogP contribution in [0.2, 0.25) is 0 Å². The number of carboxylic acids is 1. The van der Waals surface area contributed by atoms with Crippen LogP contribution in [-0.4, -0.2) is 25.2 Å². The Balaban J connectivity index is 1.97. The molecule has 1 fully saturated rings. The number of hydrogen-bond acceptors (Lipinski definition) is 2. The van der Waals surface area contributed by atoms with Crippen molar-refractivity contribution >= 4 is 11.7 Å². The molecule has 2 aromatic carbocycles. The van der Waals surface area contributed by atoms with Gasteiger partial charge in [0.2, 0.25) is 0 Å². The Kier molecular flexibility index (Phi) is 3.20. The third kappa shape index (κ3) is 2.29. The Labute approximate surface area is 124 Å². The number of hydrogen-bond donors (Lipinski definition) is 1. The first-order valence-electron chi connectivity index (χ1n) is 7.15. The smallest absolute Gasteiger partial charge is 0.314 e. The van der Waals surface area contributed by atoms with E-state index in [0.717, 1.165) is 35.2 Å². The van der Waals surface area contributed by atoms with Crippen LogP contribution in [0.5, 0.6) is 0 Å². The summed E-state index contributed by atoms with van der Waals surface area (Å²) in [5.74, 6) is -0.705. The first-order chi connectivity index (χ1) is 10.0. The van der Waals surface area contributed by atoms with E-state index in [1.54, 1.807) is 0 Å². The molecule has 3 heteroatoms. The predicted molar refractivity (Wildman–Crippen MR) is 84.8 cm³/mol. The summed E-state index contributed by atoms with van der Waals surface area (Å²) in [6.07, 6.45) is 1.49. The molecule has 0 atom stereocenters. The number of rotatable bonds is 4. The number of nitrogens with zero attached hydrogens (tertiary/aromatic N) is 1. The van der Waals surface area contributed by atoms with Gasteiger partial charge in [0.25, 0.3) is 0 Å². The SMILES string of the molecule is CN(C)c1ccccc1-c1ccc(C2(C(=O)O)CC2)cc1. The van der Waals surface area contributed by atoms with Crippen LogP contribution in [0.4, 0.5) is 5.69 Å². The van der Waals surface area contributed by atoms with E-state index in [1.807, 2.05) is 50.5 Å². The van der Waals surface area contributed by atoms with Gasteiger partial charge in [-0.05, 0) is 30.0 Å². The van der Waals surface area contributed by atoms with Crippen LogP contribution in [0.15, 0.2) is 48.5 Å². The van der Waals surface area contributed by atoms with Crippen molar-refractivity contribution in [3.63, 3.8) is 0 Å². The minimum atomic E-state index is -0.705. The Hall–Kier alpha value is -2.29. The third-order valence-corrected chi connectivity index (χ3v) is 4.29. The fraction of sp³-hybridized carbons (Fsp3) is 0.278. The number of anilines is 1. The monoisotopic (exact) mass is 281 g/mol. The molecule has 0 aliphatic heterocycles. The second kappa shape index (κ2) is 4.92. The average molecular weight is 281 g/mol. The van der Waals surface area contributed by atoms with Crippen molar-refractivity contribution in [1.29, 1.82) is 0 Å². The Morgan fingerprint density at radius 3 is 2.19 bits per heavy atom. The molecule has 0 saturated heterocycles. The highest BCUT2D eigenvalue weighted by molar-refractivity contribution is 5.85. The molecule has 0 spiro atoms. The molecular weight excluding hydrogens is 262 g/mol. The van der Waals surface area contributed by atoms with Crippen molar-refractivity contribution in [3.05, 3.63) is 54.1 Å². The average Bonchev–Trinajstić information content (AvgIpc) is 3.29. The molecule has 3 rings (SSSR count). The lowest BCUT2D eigenvalue weighted by molar-refractivity contribution is -0.140. The molecule has 1 N–H and O–H groups in total. The molecule has 1 aliphatic carbocycles. The molecule has 0 bridgehead atoms. The van der Waals surface area contributed by atoms with Crippen LogP contribution in [0.1, 0.15) is 18.4 Å². The maximum absolute atomic E-state index is 11.4. The molecule has 1 aliphatic rings. The van der Waals surface area contributed by atoms with E-state index in [-0.39, 0.29) is 0 Å². The molecule has 0 aromatic heterocycles. The first kappa shape index (κ1) is 13.7. The Bertz CT molecular complexity index is 670. The van der Waals surface area contributed by atoms with Gasteiger partial charge in [0, 0.05) is 25.3 Å². The van der Waals surface area contributed by atoms with E-state index in [1.165, 1.54) is 0 Å². The molecule has 108 valence electrons. The van der Waals surface area contributed by atoms with E-state index >= 15 is 0 Å². The van der Waals surface area contributed by atoms with Crippen molar-refractivity contribution in [1.82, 2.24) is 0 Å². The zero-order valence-corrected chi connectivity index (χ0v) is 12.3. The van der Waals surface area contributed by atoms with Gasteiger partial charge in [-0.3, -0.25) is 4.79 Å². The van der Waals surface area contributed by atoms with Crippen LogP contribution in [0.3, 0.4) is 0 Å². The third-order valence-electron chi connectivity index (χ3n) is 4.29. The van der Waals surface area contributed by atoms with E-state index < -0.39 is 11.4 Å². The van der Waals surface area contributed by atoms with Gasteiger partial charge in [0.1, 0.15) is 0 Å². The van der Waals surface area contributed by atoms with Gasteiger partial charge >= 0.3 is 5.97 Å². The van der Waals surface area contributed by atoms with E-state index in [0.29, 0.717) is 0 Å². The van der Waals surface area contributed by atoms with Crippen LogP contribution in [-0.2, 0) is 10.2 Å². The summed E-state index contributed by atoms with van der Waals surface area (Å²) in [5.41, 5.74) is 3.73. The lowest BCUT2D eigenvalue weighted by Gasteiger charge is -2.18. The van der Waals surface area contributed by atoms with E-state index in [9.17, 15) is 9.90 Å². The number of carbonyl (C=O) groups is 1. The summed E-state index contributed by atoms with van der Waals surface area (Å²) in [6, 6.07) is 16.2. The molecule has 0 heterocycles. The van der Waals surface area contributed by atoms with E-state index in [2.05, 4.69) is 17.0 Å². The molecular formula is C18H19NO2. The Morgan fingerprint density at radius 1 is 1.05 bits per heavy atom. The van der Waals surface area contributed by atoms with Crippen molar-refractivity contribution in [2.45, 2.75) is 18.3 Å². The van der Waals surface area contributed by atoms with Gasteiger partial charge in [-0.1, -0.05) is 42.5 Å². The lowest BCUT2D eigenvalue weighted by Crippen LogP contribution is -2.19. The molecule has 0 radical (unpaired) electrons. The first-order valence-corrected chi connectivity index (χ1v) is 7.15. The van der Waals surface area contributed by atoms with Crippen molar-refractivity contribution in [2.75, 3.05) is 19.0 Å². The zero-order chi connectivity index (χ0) is 15.0. The van der Waals surface area contributed by atoms with Crippen LogP contribution >= 0.6 is 0 Å². The maximum Gasteiger partial charge on any atom is 0.314 e. The maximum atomic E-state index is 11.4. The second-order valence-corrected chi connectivity index (χ2v) is 5.88. The summed E-state index contributed by atoms with van der Waals surface area (Å²) < 4.78 is 0. The minimum absolute atomic E-state index is 0.625. The standard InChI is InChI=1S/C18H19NO2/c1-19(2)16-6-4-3-5-15(16)13-7-9-14(10-8-13)18(11-12-18)17(20)21/h3-10H,11-12H2,1-2H3,(H,20,21). The largest absolute Gasteiger partial charge is 0.481 e. The van der Waals surface area contributed by atoms with Crippen LogP contribution in [0.25, 0.3) is 11.1 Å². The van der Waals surface area contributed by atoms with Crippen LogP contribution in [0, 0.1) is 0 Å². The molecule has 21 heavy (non-hydrogen) atoms. The van der Waals surface area contributed by atoms with Crippen LogP contribution < -0.4 is 4.90 Å². The van der Waals surface area contributed by atoms with Crippen molar-refractivity contribution < 1.29 is 9.90 Å². The lowest BCUT2D eigenvalue weighted by atomic mass is 9.93. The highest BCUT2D eigenvalue weighted by atomic mass is 16.4. The molecule has 1 saturated carbocycles. The van der Waals surface area contributed by atoms with Gasteiger partial charge in [-0.15, -0.1) is 0 Å². The topological polar surface area (TPSA) is 40.5 Å². The Morgan fingerprint density at radius 2 is 1.67 bits per heavy atom. The molecule has 3 nitrogen and oxygen atoms in total. The minimum Gasteiger partial charge on any atom is -0.481 e. The van der Waals surface area contributed by atoms with Gasteiger partial charge in [-0.25, -0.2) is 0 Å². The summed E-state index contributed by atoms with van der Waals surface area (Å²) in [7, 11) is 4.05. The zero-order valence-electron chi connectivity index (χ0n) is 12.3. The quantitative estimate of drug-likeness (QED) is 0.932. The van der Waals surface area contributed by atoms with Gasteiger partial charge in [0.15, 0.2) is 0 Å². The predicted octanol–water partition coefficient (Wildman–Crippen LogP) is 3.54. The fourth-order valence-electron chi connectivity index (χ4n) is 2.83. The summed E-state index contributed by atoms with van der Waals surface area (Å²) in [4.78, 5) is 13.5. The van der Waals surface area contributed by atoms with E-state index in [4.69, 9.17) is 0 Å². The normalized spacial score (nSPS) is 15.5. The molecule has 0 unspecified atom stereocenters. The van der Waals surface area contributed by atoms with Crippen molar-refractivity contribution in [2.24, 2.45) is 0 Å². The van der Waals surface area contributed by atoms with Gasteiger partial charge in [-0.2, -0.15) is 0 Å². The van der Waals surface area contributed by atoms with Crippen molar-refractivity contribution in [3.8, 4) is 11.1 Å². The fourth-order valence-corrected chi connectivity index (χ4v) is 2.83. The van der Waals surface area contributed by atoms with Gasteiger partial charge < -0.3 is 10.0 Å². The highest BCUT2D eigenvalue weighted by Crippen LogP contribution is 2.48. The summed E-state index contributed by atoms with van der Waals surface area (Å²) >= 11 is 0. The second-order valence-electron chi connectivity index (χ2n) is 5.88. The molecule has 2 aromatic rings. The van der Waals surface area contributed by atoms with Gasteiger partial charge in [0.05, 0.1) is 5.41 Å². The number of benzene rings is 2. The summed E-state index contributed by atoms with van der Waals surface area (Å²) in [5, 5.41) is 9.35. The highest BCUT2D eigenvalue weighted by Gasteiger charge is 2.51. The summed E-state index contributed by atoms with van der Waals surface area (Å²) in [6.45, 7) is 0. The molecule has 0 amide bonds. The number of carboxylic acid groups (broad SMARTS) is 1. The number of aliphatic carboxylic acids is 1. The number of para-hydroxylation sites is 1.